The van der Waals surface area contributed by atoms with Crippen LogP contribution in [0.1, 0.15) is 23.1 Å². The summed E-state index contributed by atoms with van der Waals surface area (Å²) < 4.78 is 1.87. The Kier molecular flexibility index (Phi) is 6.37. The standard InChI is InChI=1S/C24H25ClN4O2/c1-27(13-19-12-26-29(15-19)14-18-7-3-2-4-8-18)24(31)21-11-23(30)28(17-21)16-20-9-5-6-10-22(20)25/h2-10,12,15,21H,11,13-14,16-17H2,1H3/t21-/m0/s1. The molecule has 1 aliphatic rings. The number of carbonyl (C=O) groups excluding carboxylic acids is 2. The monoisotopic (exact) mass is 436 g/mol. The van der Waals surface area contributed by atoms with Crippen molar-refractivity contribution in [1.29, 1.82) is 0 Å². The van der Waals surface area contributed by atoms with Gasteiger partial charge < -0.3 is 9.80 Å². The topological polar surface area (TPSA) is 58.4 Å². The van der Waals surface area contributed by atoms with Gasteiger partial charge in [-0.1, -0.05) is 60.1 Å². The predicted molar refractivity (Wildman–Crippen MR) is 119 cm³/mol. The highest BCUT2D eigenvalue weighted by Crippen LogP contribution is 2.25. The average molecular weight is 437 g/mol. The van der Waals surface area contributed by atoms with E-state index in [4.69, 9.17) is 11.6 Å². The molecule has 4 rings (SSSR count). The summed E-state index contributed by atoms with van der Waals surface area (Å²) in [5, 5.41) is 5.04. The zero-order valence-electron chi connectivity index (χ0n) is 17.4. The lowest BCUT2D eigenvalue weighted by Crippen LogP contribution is -2.34. The summed E-state index contributed by atoms with van der Waals surface area (Å²) in [5.41, 5.74) is 3.03. The van der Waals surface area contributed by atoms with Gasteiger partial charge in [0.05, 0.1) is 18.7 Å². The van der Waals surface area contributed by atoms with Crippen LogP contribution in [-0.4, -0.2) is 45.0 Å². The van der Waals surface area contributed by atoms with Crippen LogP contribution in [0.3, 0.4) is 0 Å². The Morgan fingerprint density at radius 3 is 2.61 bits per heavy atom. The first-order chi connectivity index (χ1) is 15.0. The molecule has 1 aromatic heterocycles. The molecule has 0 N–H and O–H groups in total. The lowest BCUT2D eigenvalue weighted by molar-refractivity contribution is -0.135. The van der Waals surface area contributed by atoms with Crippen molar-refractivity contribution in [2.75, 3.05) is 13.6 Å². The number of nitrogens with zero attached hydrogens (tertiary/aromatic N) is 4. The van der Waals surface area contributed by atoms with Crippen molar-refractivity contribution in [3.63, 3.8) is 0 Å². The highest BCUT2D eigenvalue weighted by molar-refractivity contribution is 6.31. The molecule has 2 heterocycles. The molecule has 0 aliphatic carbocycles. The van der Waals surface area contributed by atoms with E-state index in [1.165, 1.54) is 5.56 Å². The fourth-order valence-electron chi connectivity index (χ4n) is 3.93. The van der Waals surface area contributed by atoms with Crippen LogP contribution in [0.4, 0.5) is 0 Å². The fourth-order valence-corrected chi connectivity index (χ4v) is 4.13. The second kappa shape index (κ2) is 9.35. The number of amides is 2. The molecule has 0 radical (unpaired) electrons. The van der Waals surface area contributed by atoms with E-state index < -0.39 is 0 Å². The molecule has 0 saturated carbocycles. The van der Waals surface area contributed by atoms with E-state index in [0.717, 1.165) is 11.1 Å². The van der Waals surface area contributed by atoms with Crippen molar-refractivity contribution in [2.45, 2.75) is 26.1 Å². The molecule has 1 aliphatic heterocycles. The number of likely N-dealkylation sites (tertiary alicyclic amines) is 1. The molecule has 3 aromatic rings. The van der Waals surface area contributed by atoms with Gasteiger partial charge in [-0.2, -0.15) is 5.10 Å². The Balaban J connectivity index is 1.33. The Morgan fingerprint density at radius 2 is 1.84 bits per heavy atom. The summed E-state index contributed by atoms with van der Waals surface area (Å²) in [5.74, 6) is -0.368. The van der Waals surface area contributed by atoms with E-state index in [-0.39, 0.29) is 24.2 Å². The number of benzene rings is 2. The molecule has 1 atom stereocenters. The van der Waals surface area contributed by atoms with Gasteiger partial charge in [0.1, 0.15) is 0 Å². The van der Waals surface area contributed by atoms with Crippen molar-refractivity contribution >= 4 is 23.4 Å². The van der Waals surface area contributed by atoms with Crippen LogP contribution >= 0.6 is 11.6 Å². The lowest BCUT2D eigenvalue weighted by atomic mass is 10.1. The zero-order valence-corrected chi connectivity index (χ0v) is 18.2. The maximum Gasteiger partial charge on any atom is 0.228 e. The number of carbonyl (C=O) groups is 2. The summed E-state index contributed by atoms with van der Waals surface area (Å²) in [6, 6.07) is 17.6. The summed E-state index contributed by atoms with van der Waals surface area (Å²) in [6.07, 6.45) is 3.98. The minimum atomic E-state index is -0.334. The minimum absolute atomic E-state index is 0.0117. The van der Waals surface area contributed by atoms with E-state index in [9.17, 15) is 9.59 Å². The highest BCUT2D eigenvalue weighted by Gasteiger charge is 2.35. The molecule has 160 valence electrons. The molecular formula is C24H25ClN4O2. The van der Waals surface area contributed by atoms with Gasteiger partial charge in [-0.3, -0.25) is 14.3 Å². The van der Waals surface area contributed by atoms with Crippen LogP contribution in [0.25, 0.3) is 0 Å². The van der Waals surface area contributed by atoms with Crippen LogP contribution in [0, 0.1) is 5.92 Å². The number of halogens is 1. The quantitative estimate of drug-likeness (QED) is 0.568. The third-order valence-corrected chi connectivity index (χ3v) is 5.92. The normalized spacial score (nSPS) is 16.0. The maximum absolute atomic E-state index is 13.0. The zero-order chi connectivity index (χ0) is 21.8. The molecule has 6 nitrogen and oxygen atoms in total. The molecular weight excluding hydrogens is 412 g/mol. The second-order valence-electron chi connectivity index (χ2n) is 7.99. The van der Waals surface area contributed by atoms with Gasteiger partial charge >= 0.3 is 0 Å². The molecule has 0 bridgehead atoms. The first-order valence-corrected chi connectivity index (χ1v) is 10.7. The van der Waals surface area contributed by atoms with Crippen molar-refractivity contribution in [3.05, 3.63) is 88.7 Å². The van der Waals surface area contributed by atoms with Gasteiger partial charge in [-0.15, -0.1) is 0 Å². The third kappa shape index (κ3) is 5.14. The van der Waals surface area contributed by atoms with Gasteiger partial charge in [0.2, 0.25) is 11.8 Å². The average Bonchev–Trinajstić information content (AvgIpc) is 3.36. The number of rotatable bonds is 7. The molecule has 31 heavy (non-hydrogen) atoms. The van der Waals surface area contributed by atoms with Gasteiger partial charge in [0, 0.05) is 49.9 Å². The van der Waals surface area contributed by atoms with Crippen molar-refractivity contribution in [1.82, 2.24) is 19.6 Å². The maximum atomic E-state index is 13.0. The summed E-state index contributed by atoms with van der Waals surface area (Å²) in [7, 11) is 1.78. The molecule has 0 spiro atoms. The SMILES string of the molecule is CN(Cc1cnn(Cc2ccccc2)c1)C(=O)[C@H]1CC(=O)N(Cc2ccccc2Cl)C1. The van der Waals surface area contributed by atoms with Gasteiger partial charge in [0.25, 0.3) is 0 Å². The van der Waals surface area contributed by atoms with Gasteiger partial charge in [0.15, 0.2) is 0 Å². The number of hydrogen-bond donors (Lipinski definition) is 0. The Morgan fingerprint density at radius 1 is 1.10 bits per heavy atom. The molecule has 2 aromatic carbocycles. The first kappa shape index (κ1) is 21.1. The Hall–Kier alpha value is -3.12. The second-order valence-corrected chi connectivity index (χ2v) is 8.40. The van der Waals surface area contributed by atoms with Crippen LogP contribution in [0.5, 0.6) is 0 Å². The molecule has 7 heteroatoms. The largest absolute Gasteiger partial charge is 0.341 e. The fraction of sp³-hybridized carbons (Fsp3) is 0.292. The van der Waals surface area contributed by atoms with Gasteiger partial charge in [-0.25, -0.2) is 0 Å². The van der Waals surface area contributed by atoms with Crippen LogP contribution < -0.4 is 0 Å². The van der Waals surface area contributed by atoms with Crippen molar-refractivity contribution in [3.8, 4) is 0 Å². The summed E-state index contributed by atoms with van der Waals surface area (Å²) in [4.78, 5) is 28.8. The van der Waals surface area contributed by atoms with E-state index in [1.807, 2.05) is 53.3 Å². The Bertz CT molecular complexity index is 1070. The summed E-state index contributed by atoms with van der Waals surface area (Å²) >= 11 is 6.22. The first-order valence-electron chi connectivity index (χ1n) is 10.3. The lowest BCUT2D eigenvalue weighted by Gasteiger charge is -2.21. The highest BCUT2D eigenvalue weighted by atomic mass is 35.5. The minimum Gasteiger partial charge on any atom is -0.341 e. The van der Waals surface area contributed by atoms with Gasteiger partial charge in [-0.05, 0) is 17.2 Å². The van der Waals surface area contributed by atoms with Crippen molar-refractivity contribution < 1.29 is 9.59 Å². The Labute approximate surface area is 187 Å². The van der Waals surface area contributed by atoms with E-state index in [1.54, 1.807) is 23.0 Å². The van der Waals surface area contributed by atoms with Crippen molar-refractivity contribution in [2.24, 2.45) is 5.92 Å². The number of hydrogen-bond acceptors (Lipinski definition) is 3. The molecule has 1 fully saturated rings. The molecule has 1 saturated heterocycles. The van der Waals surface area contributed by atoms with Crippen LogP contribution in [0.2, 0.25) is 5.02 Å². The van der Waals surface area contributed by atoms with Crippen LogP contribution in [-0.2, 0) is 29.2 Å². The van der Waals surface area contributed by atoms with E-state index in [0.29, 0.717) is 31.2 Å². The van der Waals surface area contributed by atoms with E-state index >= 15 is 0 Å². The predicted octanol–water partition coefficient (Wildman–Crippen LogP) is 3.59. The third-order valence-electron chi connectivity index (χ3n) is 5.55. The van der Waals surface area contributed by atoms with Crippen LogP contribution in [0.15, 0.2) is 67.0 Å². The molecule has 2 amide bonds. The molecule has 0 unspecified atom stereocenters. The smallest absolute Gasteiger partial charge is 0.228 e. The number of aromatic nitrogens is 2. The summed E-state index contributed by atoms with van der Waals surface area (Å²) in [6.45, 7) is 1.99. The van der Waals surface area contributed by atoms with E-state index in [2.05, 4.69) is 17.2 Å².